The lowest BCUT2D eigenvalue weighted by atomic mass is 10.1. The van der Waals surface area contributed by atoms with Gasteiger partial charge in [-0.05, 0) is 40.5 Å². The van der Waals surface area contributed by atoms with Gasteiger partial charge < -0.3 is 10.6 Å². The highest BCUT2D eigenvalue weighted by molar-refractivity contribution is 9.10. The Bertz CT molecular complexity index is 407. The zero-order valence-electron chi connectivity index (χ0n) is 10.2. The van der Waals surface area contributed by atoms with Crippen LogP contribution in [0.2, 0.25) is 0 Å². The molecule has 1 aromatic carbocycles. The van der Waals surface area contributed by atoms with Crippen molar-refractivity contribution >= 4 is 33.6 Å². The summed E-state index contributed by atoms with van der Waals surface area (Å²) in [6.07, 6.45) is 0. The molecule has 0 aliphatic heterocycles. The van der Waals surface area contributed by atoms with Crippen LogP contribution >= 0.6 is 27.7 Å². The van der Waals surface area contributed by atoms with Crippen LogP contribution in [0.1, 0.15) is 18.5 Å². The summed E-state index contributed by atoms with van der Waals surface area (Å²) in [5.41, 5.74) is 6.89. The molecule has 0 radical (unpaired) electrons. The highest BCUT2D eigenvalue weighted by atomic mass is 79.9. The third-order valence-corrected chi connectivity index (χ3v) is 4.31. The molecule has 0 heterocycles. The Hall–Kier alpha value is -0.520. The van der Waals surface area contributed by atoms with Crippen LogP contribution in [0.15, 0.2) is 27.6 Å². The van der Waals surface area contributed by atoms with Gasteiger partial charge in [0.2, 0.25) is 5.91 Å². The lowest BCUT2D eigenvalue weighted by Gasteiger charge is -2.12. The number of thioether (sulfide) groups is 1. The summed E-state index contributed by atoms with van der Waals surface area (Å²) in [7, 11) is 3.52. The molecule has 0 bridgehead atoms. The quantitative estimate of drug-likeness (QED) is 0.869. The second-order valence-electron chi connectivity index (χ2n) is 4.06. The van der Waals surface area contributed by atoms with Crippen LogP contribution in [0.25, 0.3) is 0 Å². The molecule has 0 aliphatic rings. The molecule has 17 heavy (non-hydrogen) atoms. The molecule has 0 aromatic heterocycles. The van der Waals surface area contributed by atoms with Crippen LogP contribution < -0.4 is 5.73 Å². The number of hydrogen-bond donors (Lipinski definition) is 1. The molecule has 1 amide bonds. The van der Waals surface area contributed by atoms with Crippen molar-refractivity contribution in [1.82, 2.24) is 4.90 Å². The fourth-order valence-corrected chi connectivity index (χ4v) is 2.82. The smallest absolute Gasteiger partial charge is 0.232 e. The Balaban J connectivity index is 2.70. The van der Waals surface area contributed by atoms with Gasteiger partial charge in [-0.15, -0.1) is 11.8 Å². The van der Waals surface area contributed by atoms with E-state index in [1.54, 1.807) is 19.0 Å². The molecule has 0 saturated heterocycles. The summed E-state index contributed by atoms with van der Waals surface area (Å²) < 4.78 is 0.990. The zero-order chi connectivity index (χ0) is 13.0. The fraction of sp³-hybridized carbons (Fsp3) is 0.417. The van der Waals surface area contributed by atoms with E-state index in [0.29, 0.717) is 5.75 Å². The van der Waals surface area contributed by atoms with Gasteiger partial charge in [0, 0.05) is 29.5 Å². The van der Waals surface area contributed by atoms with E-state index in [4.69, 9.17) is 5.73 Å². The third kappa shape index (κ3) is 4.33. The summed E-state index contributed by atoms with van der Waals surface area (Å²) in [5, 5.41) is 0. The topological polar surface area (TPSA) is 46.3 Å². The zero-order valence-corrected chi connectivity index (χ0v) is 12.6. The van der Waals surface area contributed by atoms with Crippen LogP contribution in [0, 0.1) is 0 Å². The third-order valence-electron chi connectivity index (χ3n) is 2.33. The van der Waals surface area contributed by atoms with Crippen molar-refractivity contribution in [3.8, 4) is 0 Å². The fourth-order valence-electron chi connectivity index (χ4n) is 1.19. The predicted octanol–water partition coefficient (Wildman–Crippen LogP) is 2.65. The average molecular weight is 317 g/mol. The number of amides is 1. The van der Waals surface area contributed by atoms with E-state index in [1.165, 1.54) is 11.8 Å². The largest absolute Gasteiger partial charge is 0.348 e. The van der Waals surface area contributed by atoms with Gasteiger partial charge in [0.1, 0.15) is 0 Å². The first kappa shape index (κ1) is 14.5. The van der Waals surface area contributed by atoms with Crippen molar-refractivity contribution in [2.75, 3.05) is 19.8 Å². The molecular weight excluding hydrogens is 300 g/mol. The summed E-state index contributed by atoms with van der Waals surface area (Å²) in [4.78, 5) is 14.1. The lowest BCUT2D eigenvalue weighted by molar-refractivity contribution is -0.125. The van der Waals surface area contributed by atoms with E-state index in [2.05, 4.69) is 15.9 Å². The second kappa shape index (κ2) is 6.42. The van der Waals surface area contributed by atoms with E-state index in [9.17, 15) is 4.79 Å². The van der Waals surface area contributed by atoms with Gasteiger partial charge in [0.05, 0.1) is 5.75 Å². The van der Waals surface area contributed by atoms with Crippen molar-refractivity contribution in [3.05, 3.63) is 28.2 Å². The van der Waals surface area contributed by atoms with Crippen LogP contribution in [-0.2, 0) is 4.79 Å². The summed E-state index contributed by atoms with van der Waals surface area (Å²) in [5.74, 6) is 0.557. The van der Waals surface area contributed by atoms with E-state index in [0.717, 1.165) is 14.9 Å². The number of halogens is 1. The molecule has 0 fully saturated rings. The molecule has 5 heteroatoms. The maximum atomic E-state index is 11.5. The Morgan fingerprint density at radius 2 is 2.18 bits per heavy atom. The first-order valence-corrected chi connectivity index (χ1v) is 7.07. The van der Waals surface area contributed by atoms with Crippen LogP contribution in [-0.4, -0.2) is 30.7 Å². The first-order valence-electron chi connectivity index (χ1n) is 5.29. The minimum Gasteiger partial charge on any atom is -0.348 e. The van der Waals surface area contributed by atoms with Crippen LogP contribution in [0.3, 0.4) is 0 Å². The van der Waals surface area contributed by atoms with E-state index in [1.807, 2.05) is 25.1 Å². The van der Waals surface area contributed by atoms with Gasteiger partial charge in [-0.3, -0.25) is 4.79 Å². The summed E-state index contributed by atoms with van der Waals surface area (Å²) >= 11 is 5.03. The minimum atomic E-state index is 0.0220. The second-order valence-corrected chi connectivity index (χ2v) is 5.93. The van der Waals surface area contributed by atoms with Crippen molar-refractivity contribution in [2.24, 2.45) is 5.73 Å². The van der Waals surface area contributed by atoms with E-state index < -0.39 is 0 Å². The number of rotatable bonds is 4. The molecule has 1 atom stereocenters. The highest BCUT2D eigenvalue weighted by Crippen LogP contribution is 2.29. The Labute approximate surface area is 115 Å². The number of nitrogens with two attached hydrogens (primary N) is 1. The van der Waals surface area contributed by atoms with Gasteiger partial charge in [-0.1, -0.05) is 6.07 Å². The lowest BCUT2D eigenvalue weighted by Crippen LogP contribution is -2.23. The summed E-state index contributed by atoms with van der Waals surface area (Å²) in [6.45, 7) is 1.95. The molecule has 0 unspecified atom stereocenters. The van der Waals surface area contributed by atoms with E-state index >= 15 is 0 Å². The molecule has 0 saturated carbocycles. The van der Waals surface area contributed by atoms with Gasteiger partial charge in [-0.25, -0.2) is 0 Å². The Kier molecular flexibility index (Phi) is 5.49. The minimum absolute atomic E-state index is 0.0220. The maximum Gasteiger partial charge on any atom is 0.232 e. The molecule has 1 rings (SSSR count). The molecule has 0 aliphatic carbocycles. The van der Waals surface area contributed by atoms with E-state index in [-0.39, 0.29) is 11.9 Å². The molecule has 0 spiro atoms. The number of hydrogen-bond acceptors (Lipinski definition) is 3. The highest BCUT2D eigenvalue weighted by Gasteiger charge is 2.08. The summed E-state index contributed by atoms with van der Waals surface area (Å²) in [6, 6.07) is 6.02. The van der Waals surface area contributed by atoms with Crippen molar-refractivity contribution in [3.63, 3.8) is 0 Å². The number of carbonyl (C=O) groups excluding carboxylic acids is 1. The number of benzene rings is 1. The van der Waals surface area contributed by atoms with Crippen molar-refractivity contribution in [2.45, 2.75) is 17.9 Å². The molecule has 94 valence electrons. The number of carbonyl (C=O) groups is 1. The molecular formula is C12H17BrN2OS. The maximum absolute atomic E-state index is 11.5. The predicted molar refractivity (Wildman–Crippen MR) is 76.2 cm³/mol. The monoisotopic (exact) mass is 316 g/mol. The molecule has 3 nitrogen and oxygen atoms in total. The van der Waals surface area contributed by atoms with Gasteiger partial charge in [0.25, 0.3) is 0 Å². The van der Waals surface area contributed by atoms with Gasteiger partial charge in [0.15, 0.2) is 0 Å². The van der Waals surface area contributed by atoms with Gasteiger partial charge >= 0.3 is 0 Å². The van der Waals surface area contributed by atoms with Crippen molar-refractivity contribution < 1.29 is 4.79 Å². The standard InChI is InChI=1S/C12H17BrN2OS/c1-8(14)9-4-5-11(10(13)6-9)17-7-12(16)15(2)3/h4-6,8H,7,14H2,1-3H3/t8-/m0/s1. The first-order chi connectivity index (χ1) is 7.91. The van der Waals surface area contributed by atoms with Crippen molar-refractivity contribution in [1.29, 1.82) is 0 Å². The average Bonchev–Trinajstić information content (AvgIpc) is 2.26. The molecule has 2 N–H and O–H groups in total. The SMILES string of the molecule is C[C@H](N)c1ccc(SCC(=O)N(C)C)c(Br)c1. The Morgan fingerprint density at radius 3 is 2.65 bits per heavy atom. The van der Waals surface area contributed by atoms with Gasteiger partial charge in [-0.2, -0.15) is 0 Å². The number of nitrogens with zero attached hydrogens (tertiary/aromatic N) is 1. The Morgan fingerprint density at radius 1 is 1.53 bits per heavy atom. The normalized spacial score (nSPS) is 12.3. The molecule has 1 aromatic rings. The van der Waals surface area contributed by atoms with Crippen LogP contribution in [0.4, 0.5) is 0 Å². The van der Waals surface area contributed by atoms with Crippen LogP contribution in [0.5, 0.6) is 0 Å².